The third-order valence-corrected chi connectivity index (χ3v) is 15.5. The number of aliphatic hydroxyl groups is 8. The summed E-state index contributed by atoms with van der Waals surface area (Å²) in [7, 11) is 0. The molecule has 2 aliphatic heterocycles. The van der Waals surface area contributed by atoms with Crippen molar-refractivity contribution < 1.29 is 64.6 Å². The van der Waals surface area contributed by atoms with E-state index >= 15 is 0 Å². The Balaban J connectivity index is 1.66. The number of nitrogens with one attached hydrogen (secondary N) is 1. The number of unbranched alkanes of at least 4 members (excludes halogenated alkanes) is 23. The molecule has 1 amide bonds. The average Bonchev–Trinajstić information content (AvgIpc) is 3.23. The number of amides is 1. The van der Waals surface area contributed by atoms with Crippen LogP contribution in [0, 0.1) is 0 Å². The van der Waals surface area contributed by atoms with Gasteiger partial charge in [-0.15, -0.1) is 0 Å². The van der Waals surface area contributed by atoms with Gasteiger partial charge in [0.1, 0.15) is 48.8 Å². The number of hydrogen-bond acceptors (Lipinski definition) is 13. The van der Waals surface area contributed by atoms with Gasteiger partial charge >= 0.3 is 0 Å². The monoisotopic (exact) mass is 1180 g/mol. The van der Waals surface area contributed by atoms with Crippen molar-refractivity contribution in [2.24, 2.45) is 0 Å². The summed E-state index contributed by atoms with van der Waals surface area (Å²) in [4.78, 5) is 13.3. The Bertz CT molecular complexity index is 1820. The Labute approximate surface area is 508 Å². The van der Waals surface area contributed by atoms with Crippen molar-refractivity contribution in [3.8, 4) is 0 Å². The highest BCUT2D eigenvalue weighted by Crippen LogP contribution is 2.30. The molecule has 12 atom stereocenters. The SMILES string of the molecule is CC/C=C\C/C=C\C/C=C\C/C=C\C/C=C\C/C=C\C/C=C\C/C=C\CCCCCCCCCCCCC(=O)NC(COC1OC(CO)C(OC2OC(CO)C(O)C(O)C2O)C(O)C1O)C(O)/C=C/CCCCCCCCCCCCCCC. The Morgan fingerprint density at radius 1 is 0.440 bits per heavy atom. The van der Waals surface area contributed by atoms with Crippen molar-refractivity contribution in [3.63, 3.8) is 0 Å². The normalized spacial score (nSPS) is 24.4. The Morgan fingerprint density at radius 2 is 0.821 bits per heavy atom. The first kappa shape index (κ1) is 76.7. The van der Waals surface area contributed by atoms with E-state index in [1.165, 1.54) is 109 Å². The summed E-state index contributed by atoms with van der Waals surface area (Å²) in [5, 5.41) is 87.2. The minimum Gasteiger partial charge on any atom is -0.394 e. The fourth-order valence-electron chi connectivity index (χ4n) is 10.2. The number of allylic oxidation sites excluding steroid dienone is 17. The lowest BCUT2D eigenvalue weighted by Gasteiger charge is -2.46. The van der Waals surface area contributed by atoms with E-state index in [0.29, 0.717) is 6.42 Å². The Morgan fingerprint density at radius 3 is 1.26 bits per heavy atom. The highest BCUT2D eigenvalue weighted by Gasteiger charge is 2.51. The third kappa shape index (κ3) is 38.0. The van der Waals surface area contributed by atoms with Crippen LogP contribution in [0.25, 0.3) is 0 Å². The van der Waals surface area contributed by atoms with E-state index in [-0.39, 0.29) is 18.9 Å². The highest BCUT2D eigenvalue weighted by atomic mass is 16.7. The summed E-state index contributed by atoms with van der Waals surface area (Å²) in [5.41, 5.74) is 0. The van der Waals surface area contributed by atoms with Gasteiger partial charge in [0.2, 0.25) is 5.91 Å². The molecule has 0 saturated carbocycles. The van der Waals surface area contributed by atoms with Crippen LogP contribution >= 0.6 is 0 Å². The van der Waals surface area contributed by atoms with Crippen molar-refractivity contribution in [3.05, 3.63) is 109 Å². The van der Waals surface area contributed by atoms with E-state index in [1.807, 2.05) is 6.08 Å². The summed E-state index contributed by atoms with van der Waals surface area (Å²) in [5.74, 6) is -0.248. The number of carbonyl (C=O) groups is 1. The van der Waals surface area contributed by atoms with Crippen LogP contribution in [0.2, 0.25) is 0 Å². The maximum atomic E-state index is 13.3. The molecule has 0 spiro atoms. The smallest absolute Gasteiger partial charge is 0.220 e. The van der Waals surface area contributed by atoms with Gasteiger partial charge in [0, 0.05) is 6.42 Å². The Hall–Kier alpha value is -3.35. The number of ether oxygens (including phenoxy) is 4. The molecule has 0 radical (unpaired) electrons. The zero-order valence-corrected chi connectivity index (χ0v) is 52.1. The largest absolute Gasteiger partial charge is 0.394 e. The molecule has 2 heterocycles. The molecule has 2 aliphatic rings. The third-order valence-electron chi connectivity index (χ3n) is 15.5. The van der Waals surface area contributed by atoms with Crippen molar-refractivity contribution in [1.82, 2.24) is 5.32 Å². The number of aliphatic hydroxyl groups excluding tert-OH is 8. The molecule has 482 valence electrons. The minimum absolute atomic E-state index is 0.248. The maximum Gasteiger partial charge on any atom is 0.220 e. The van der Waals surface area contributed by atoms with Gasteiger partial charge in [-0.3, -0.25) is 4.79 Å². The van der Waals surface area contributed by atoms with Gasteiger partial charge < -0.3 is 65.1 Å². The first-order chi connectivity index (χ1) is 41.1. The Kier molecular flexibility index (Phi) is 49.2. The lowest BCUT2D eigenvalue weighted by Crippen LogP contribution is -2.65. The van der Waals surface area contributed by atoms with E-state index in [9.17, 15) is 45.6 Å². The van der Waals surface area contributed by atoms with Gasteiger partial charge in [0.15, 0.2) is 12.6 Å². The quantitative estimate of drug-likeness (QED) is 0.0204. The fourth-order valence-corrected chi connectivity index (χ4v) is 10.2. The number of rotatable bonds is 52. The molecule has 14 heteroatoms. The second-order valence-corrected chi connectivity index (χ2v) is 22.9. The van der Waals surface area contributed by atoms with E-state index in [0.717, 1.165) is 96.3 Å². The second kappa shape index (κ2) is 53.9. The first-order valence-electron chi connectivity index (χ1n) is 33.1. The van der Waals surface area contributed by atoms with Crippen LogP contribution in [0.1, 0.15) is 232 Å². The zero-order valence-electron chi connectivity index (χ0n) is 52.1. The van der Waals surface area contributed by atoms with E-state index < -0.39 is 86.8 Å². The van der Waals surface area contributed by atoms with Crippen molar-refractivity contribution in [1.29, 1.82) is 0 Å². The van der Waals surface area contributed by atoms with Gasteiger partial charge in [-0.05, 0) is 83.5 Å². The molecule has 0 bridgehead atoms. The lowest BCUT2D eigenvalue weighted by atomic mass is 9.97. The average molecular weight is 1180 g/mol. The van der Waals surface area contributed by atoms with Crippen LogP contribution in [-0.2, 0) is 23.7 Å². The van der Waals surface area contributed by atoms with Gasteiger partial charge in [-0.2, -0.15) is 0 Å². The summed E-state index contributed by atoms with van der Waals surface area (Å²) < 4.78 is 22.8. The molecular formula is C70H119NO13. The fraction of sp³-hybridized carbons (Fsp3) is 0.729. The maximum absolute atomic E-state index is 13.3. The van der Waals surface area contributed by atoms with Gasteiger partial charge in [-0.1, -0.05) is 252 Å². The molecule has 2 saturated heterocycles. The predicted molar refractivity (Wildman–Crippen MR) is 341 cm³/mol. The standard InChI is InChI=1S/C70H119NO13/c1-3-5-7-9-11-13-15-17-19-20-21-22-23-24-25-26-27-28-29-30-31-32-33-34-35-36-37-38-40-42-44-46-48-50-52-54-62(75)71-58(59(74)53-51-49-47-45-43-41-39-18-16-14-12-10-8-6-4-2)57-81-69-67(80)65(78)68(61(56-73)83-69)84-70-66(79)64(77)63(76)60(55-72)82-70/h5,7,11,13,17,19,21-22,24-25,27-28,30-31,33-34,51,53,58-61,63-70,72-74,76-80H,3-4,6,8-10,12,14-16,18,20,23,26,29,32,35-50,52,54-57H2,1-2H3,(H,71,75)/b7-5-,13-11-,19-17-,22-21-,25-24-,28-27-,31-30-,34-33-,53-51+. The van der Waals surface area contributed by atoms with Crippen LogP contribution < -0.4 is 5.32 Å². The van der Waals surface area contributed by atoms with Crippen LogP contribution in [0.5, 0.6) is 0 Å². The van der Waals surface area contributed by atoms with Crippen molar-refractivity contribution >= 4 is 5.91 Å². The predicted octanol–water partition coefficient (Wildman–Crippen LogP) is 12.8. The lowest BCUT2D eigenvalue weighted by molar-refractivity contribution is -0.359. The topological polar surface area (TPSA) is 228 Å². The molecule has 0 aromatic carbocycles. The second-order valence-electron chi connectivity index (χ2n) is 22.9. The summed E-state index contributed by atoms with van der Waals surface area (Å²) in [6.07, 6.45) is 59.9. The van der Waals surface area contributed by atoms with Crippen LogP contribution in [0.4, 0.5) is 0 Å². The number of hydrogen-bond donors (Lipinski definition) is 9. The van der Waals surface area contributed by atoms with Crippen LogP contribution in [-0.4, -0.2) is 140 Å². The molecule has 9 N–H and O–H groups in total. The molecule has 0 aliphatic carbocycles. The summed E-state index contributed by atoms with van der Waals surface area (Å²) >= 11 is 0. The molecule has 2 fully saturated rings. The first-order valence-corrected chi connectivity index (χ1v) is 33.1. The van der Waals surface area contributed by atoms with E-state index in [1.54, 1.807) is 6.08 Å². The molecule has 84 heavy (non-hydrogen) atoms. The minimum atomic E-state index is -1.79. The highest BCUT2D eigenvalue weighted by molar-refractivity contribution is 5.76. The van der Waals surface area contributed by atoms with Crippen molar-refractivity contribution in [2.75, 3.05) is 19.8 Å². The van der Waals surface area contributed by atoms with Crippen LogP contribution in [0.3, 0.4) is 0 Å². The van der Waals surface area contributed by atoms with E-state index in [4.69, 9.17) is 18.9 Å². The van der Waals surface area contributed by atoms with Crippen LogP contribution in [0.15, 0.2) is 109 Å². The molecule has 2 rings (SSSR count). The van der Waals surface area contributed by atoms with Gasteiger partial charge in [0.05, 0.1) is 32.0 Å². The summed E-state index contributed by atoms with van der Waals surface area (Å²) in [6.45, 7) is 2.67. The molecule has 14 nitrogen and oxygen atoms in total. The molecule has 12 unspecified atom stereocenters. The summed E-state index contributed by atoms with van der Waals surface area (Å²) in [6, 6.07) is -0.924. The van der Waals surface area contributed by atoms with E-state index in [2.05, 4.69) is 116 Å². The van der Waals surface area contributed by atoms with Crippen molar-refractivity contribution in [2.45, 2.75) is 306 Å². The molecule has 0 aromatic heterocycles. The van der Waals surface area contributed by atoms with Gasteiger partial charge in [0.25, 0.3) is 0 Å². The molecular weight excluding hydrogens is 1060 g/mol. The molecule has 0 aromatic rings. The zero-order chi connectivity index (χ0) is 60.9. The van der Waals surface area contributed by atoms with Gasteiger partial charge in [-0.25, -0.2) is 0 Å². The number of carbonyl (C=O) groups excluding carboxylic acids is 1.